The van der Waals surface area contributed by atoms with E-state index in [-0.39, 0.29) is 24.1 Å². The van der Waals surface area contributed by atoms with Crippen LogP contribution in [0.5, 0.6) is 0 Å². The van der Waals surface area contributed by atoms with E-state index in [2.05, 4.69) is 20.2 Å². The maximum Gasteiger partial charge on any atom is 0.251 e. The summed E-state index contributed by atoms with van der Waals surface area (Å²) in [5.74, 6) is -0.462. The molecule has 2 heterocycles. The van der Waals surface area contributed by atoms with Crippen molar-refractivity contribution in [3.05, 3.63) is 112 Å². The summed E-state index contributed by atoms with van der Waals surface area (Å²) < 4.78 is 5.47. The highest BCUT2D eigenvalue weighted by Crippen LogP contribution is 2.29. The third-order valence-corrected chi connectivity index (χ3v) is 8.42. The SMILES string of the molecule is Cc1ccc(CN(C(=O)CSc2nc(C)cc(C)n2)C(C(=O)Nc2ccc(N3CCOCC3)cc2)c2ccc(Cl)cc2)cc1. The summed E-state index contributed by atoms with van der Waals surface area (Å²) in [7, 11) is 0. The molecule has 4 aromatic rings. The standard InChI is InChI=1S/C34H36ClN5O3S/c1-23-4-6-26(7-5-23)21-40(31(41)22-44-34-36-24(2)20-25(3)37-34)32(27-8-10-28(35)11-9-27)33(42)38-29-12-14-30(15-13-29)39-16-18-43-19-17-39/h4-15,20,32H,16-19,21-22H2,1-3H3,(H,38,42). The van der Waals surface area contributed by atoms with Crippen LogP contribution in [0.2, 0.25) is 5.02 Å². The Morgan fingerprint density at radius 2 is 1.57 bits per heavy atom. The largest absolute Gasteiger partial charge is 0.378 e. The number of nitrogens with one attached hydrogen (secondary N) is 1. The van der Waals surface area contributed by atoms with Crippen molar-refractivity contribution in [1.29, 1.82) is 0 Å². The fourth-order valence-electron chi connectivity index (χ4n) is 5.09. The van der Waals surface area contributed by atoms with Crippen LogP contribution < -0.4 is 10.2 Å². The number of halogens is 1. The fourth-order valence-corrected chi connectivity index (χ4v) is 6.05. The van der Waals surface area contributed by atoms with Crippen molar-refractivity contribution in [1.82, 2.24) is 14.9 Å². The van der Waals surface area contributed by atoms with Crippen LogP contribution in [0.4, 0.5) is 11.4 Å². The Morgan fingerprint density at radius 1 is 0.932 bits per heavy atom. The van der Waals surface area contributed by atoms with Crippen molar-refractivity contribution in [2.45, 2.75) is 38.5 Å². The molecule has 1 unspecified atom stereocenters. The van der Waals surface area contributed by atoms with Gasteiger partial charge in [0.2, 0.25) is 5.91 Å². The summed E-state index contributed by atoms with van der Waals surface area (Å²) in [6, 6.07) is 23.8. The van der Waals surface area contributed by atoms with Gasteiger partial charge in [-0.2, -0.15) is 0 Å². The molecule has 1 atom stereocenters. The van der Waals surface area contributed by atoms with E-state index in [1.165, 1.54) is 11.8 Å². The number of ether oxygens (including phenoxy) is 1. The molecule has 44 heavy (non-hydrogen) atoms. The lowest BCUT2D eigenvalue weighted by Crippen LogP contribution is -2.41. The number of thioether (sulfide) groups is 1. The number of morpholine rings is 1. The zero-order valence-corrected chi connectivity index (χ0v) is 26.7. The minimum atomic E-state index is -0.916. The molecular formula is C34H36ClN5O3S. The van der Waals surface area contributed by atoms with Crippen molar-refractivity contribution in [3.63, 3.8) is 0 Å². The number of aromatic nitrogens is 2. The molecule has 8 nitrogen and oxygen atoms in total. The Bertz CT molecular complexity index is 1560. The molecule has 0 aliphatic carbocycles. The van der Waals surface area contributed by atoms with Crippen molar-refractivity contribution < 1.29 is 14.3 Å². The van der Waals surface area contributed by atoms with Crippen LogP contribution in [0.25, 0.3) is 0 Å². The van der Waals surface area contributed by atoms with E-state index in [9.17, 15) is 9.59 Å². The Balaban J connectivity index is 1.44. The van der Waals surface area contributed by atoms with Crippen molar-refractivity contribution in [3.8, 4) is 0 Å². The average Bonchev–Trinajstić information content (AvgIpc) is 3.02. The van der Waals surface area contributed by atoms with E-state index in [1.54, 1.807) is 29.2 Å². The van der Waals surface area contributed by atoms with Crippen LogP contribution in [-0.4, -0.2) is 58.7 Å². The van der Waals surface area contributed by atoms with Gasteiger partial charge in [-0.25, -0.2) is 9.97 Å². The molecule has 2 amide bonds. The molecule has 1 aliphatic heterocycles. The van der Waals surface area contributed by atoms with Crippen LogP contribution in [0.1, 0.15) is 34.1 Å². The van der Waals surface area contributed by atoms with E-state index in [0.29, 0.717) is 34.6 Å². The molecule has 3 aromatic carbocycles. The number of amides is 2. The first-order valence-electron chi connectivity index (χ1n) is 14.5. The van der Waals surface area contributed by atoms with Crippen LogP contribution in [0.15, 0.2) is 84.0 Å². The quantitative estimate of drug-likeness (QED) is 0.161. The second-order valence-corrected chi connectivity index (χ2v) is 12.2. The zero-order valence-electron chi connectivity index (χ0n) is 25.1. The lowest BCUT2D eigenvalue weighted by molar-refractivity contribution is -0.137. The first kappa shape index (κ1) is 31.5. The summed E-state index contributed by atoms with van der Waals surface area (Å²) >= 11 is 7.49. The molecule has 0 saturated carbocycles. The number of benzene rings is 3. The molecule has 1 saturated heterocycles. The second kappa shape index (κ2) is 14.7. The highest BCUT2D eigenvalue weighted by molar-refractivity contribution is 7.99. The van der Waals surface area contributed by atoms with Gasteiger partial charge in [-0.05, 0) is 74.4 Å². The highest BCUT2D eigenvalue weighted by Gasteiger charge is 2.32. The van der Waals surface area contributed by atoms with Crippen molar-refractivity contribution in [2.75, 3.05) is 42.3 Å². The molecule has 1 fully saturated rings. The lowest BCUT2D eigenvalue weighted by atomic mass is 10.0. The van der Waals surface area contributed by atoms with Gasteiger partial charge in [-0.3, -0.25) is 9.59 Å². The molecule has 0 spiro atoms. The molecular weight excluding hydrogens is 594 g/mol. The minimum absolute atomic E-state index is 0.0698. The van der Waals surface area contributed by atoms with Gasteiger partial charge in [0.25, 0.3) is 5.91 Å². The van der Waals surface area contributed by atoms with E-state index in [0.717, 1.165) is 41.3 Å². The van der Waals surface area contributed by atoms with E-state index in [4.69, 9.17) is 16.3 Å². The summed E-state index contributed by atoms with van der Waals surface area (Å²) in [4.78, 5) is 41.0. The smallest absolute Gasteiger partial charge is 0.251 e. The summed E-state index contributed by atoms with van der Waals surface area (Å²) in [6.07, 6.45) is 0. The monoisotopic (exact) mass is 629 g/mol. The Labute approximate surface area is 267 Å². The topological polar surface area (TPSA) is 87.7 Å². The zero-order chi connectivity index (χ0) is 31.1. The predicted octanol–water partition coefficient (Wildman–Crippen LogP) is 6.39. The number of hydrogen-bond acceptors (Lipinski definition) is 7. The van der Waals surface area contributed by atoms with Crippen LogP contribution >= 0.6 is 23.4 Å². The lowest BCUT2D eigenvalue weighted by Gasteiger charge is -2.32. The number of rotatable bonds is 10. The third kappa shape index (κ3) is 8.37. The first-order valence-corrected chi connectivity index (χ1v) is 15.9. The van der Waals surface area contributed by atoms with Gasteiger partial charge in [0, 0.05) is 47.4 Å². The molecule has 10 heteroatoms. The van der Waals surface area contributed by atoms with E-state index in [1.807, 2.05) is 75.4 Å². The summed E-state index contributed by atoms with van der Waals surface area (Å²) in [5, 5.41) is 4.14. The maximum atomic E-state index is 14.1. The van der Waals surface area contributed by atoms with Crippen LogP contribution in [-0.2, 0) is 20.9 Å². The Morgan fingerprint density at radius 3 is 2.20 bits per heavy atom. The third-order valence-electron chi connectivity index (χ3n) is 7.34. The highest BCUT2D eigenvalue weighted by atomic mass is 35.5. The van der Waals surface area contributed by atoms with Gasteiger partial charge in [-0.15, -0.1) is 0 Å². The number of nitrogens with zero attached hydrogens (tertiary/aromatic N) is 4. The molecule has 1 aromatic heterocycles. The minimum Gasteiger partial charge on any atom is -0.378 e. The Hall–Kier alpha value is -3.92. The molecule has 1 aliphatic rings. The predicted molar refractivity (Wildman–Crippen MR) is 176 cm³/mol. The number of aryl methyl sites for hydroxylation is 3. The number of anilines is 2. The molecule has 1 N–H and O–H groups in total. The van der Waals surface area contributed by atoms with E-state index < -0.39 is 6.04 Å². The summed E-state index contributed by atoms with van der Waals surface area (Å²) in [5.41, 5.74) is 6.07. The van der Waals surface area contributed by atoms with Gasteiger partial charge in [0.15, 0.2) is 5.16 Å². The van der Waals surface area contributed by atoms with E-state index >= 15 is 0 Å². The molecule has 5 rings (SSSR count). The average molecular weight is 630 g/mol. The Kier molecular flexibility index (Phi) is 10.5. The normalized spacial score (nSPS) is 13.8. The number of hydrogen-bond donors (Lipinski definition) is 1. The van der Waals surface area contributed by atoms with Gasteiger partial charge in [0.05, 0.1) is 19.0 Å². The number of carbonyl (C=O) groups is 2. The van der Waals surface area contributed by atoms with Gasteiger partial charge >= 0.3 is 0 Å². The maximum absolute atomic E-state index is 14.1. The second-order valence-electron chi connectivity index (χ2n) is 10.8. The summed E-state index contributed by atoms with van der Waals surface area (Å²) in [6.45, 7) is 9.10. The van der Waals surface area contributed by atoms with Crippen molar-refractivity contribution in [2.24, 2.45) is 0 Å². The molecule has 0 bridgehead atoms. The first-order chi connectivity index (χ1) is 21.2. The van der Waals surface area contributed by atoms with Crippen LogP contribution in [0.3, 0.4) is 0 Å². The van der Waals surface area contributed by atoms with Gasteiger partial charge in [-0.1, -0.05) is 65.3 Å². The van der Waals surface area contributed by atoms with Gasteiger partial charge in [0.1, 0.15) is 6.04 Å². The number of carbonyl (C=O) groups excluding carboxylic acids is 2. The van der Waals surface area contributed by atoms with Gasteiger partial charge < -0.3 is 19.9 Å². The fraction of sp³-hybridized carbons (Fsp3) is 0.294. The van der Waals surface area contributed by atoms with Crippen molar-refractivity contribution >= 4 is 46.6 Å². The molecule has 0 radical (unpaired) electrons. The molecule has 228 valence electrons. The van der Waals surface area contributed by atoms with Crippen LogP contribution in [0, 0.1) is 20.8 Å².